The van der Waals surface area contributed by atoms with Crippen molar-refractivity contribution in [1.82, 2.24) is 0 Å². The molecule has 17 atom stereocenters. The van der Waals surface area contributed by atoms with Crippen LogP contribution in [0.2, 0.25) is 0 Å². The van der Waals surface area contributed by atoms with E-state index in [4.69, 9.17) is 9.47 Å². The fourth-order valence-corrected chi connectivity index (χ4v) is 10.3. The number of hydrogen-bond donors (Lipinski definition) is 8. The molecule has 0 spiro atoms. The molecule has 10 nitrogen and oxygen atoms in total. The minimum atomic E-state index is -1.48. The van der Waals surface area contributed by atoms with E-state index in [1.807, 2.05) is 13.8 Å². The average molecular weight is 613 g/mol. The van der Waals surface area contributed by atoms with E-state index in [1.165, 1.54) is 5.57 Å². The first-order valence-corrected chi connectivity index (χ1v) is 16.6. The van der Waals surface area contributed by atoms with Gasteiger partial charge in [0, 0.05) is 6.61 Å². The highest BCUT2D eigenvalue weighted by Gasteiger charge is 2.64. The summed E-state index contributed by atoms with van der Waals surface area (Å²) in [5.41, 5.74) is 0.677. The molecule has 10 heteroatoms. The van der Waals surface area contributed by atoms with Crippen LogP contribution >= 0.6 is 0 Å². The molecule has 0 aromatic carbocycles. The minimum absolute atomic E-state index is 0.0374. The third-order valence-corrected chi connectivity index (χ3v) is 12.7. The topological polar surface area (TPSA) is 180 Å². The minimum Gasteiger partial charge on any atom is -0.396 e. The molecule has 1 saturated heterocycles. The summed E-state index contributed by atoms with van der Waals surface area (Å²) in [6.07, 6.45) is -0.787. The largest absolute Gasteiger partial charge is 0.396 e. The number of aliphatic hydroxyl groups excluding tert-OH is 8. The fourth-order valence-electron chi connectivity index (χ4n) is 10.3. The van der Waals surface area contributed by atoms with Crippen LogP contribution < -0.4 is 0 Å². The number of hydrogen-bond acceptors (Lipinski definition) is 10. The van der Waals surface area contributed by atoms with E-state index in [0.717, 1.165) is 19.3 Å². The Hall–Kier alpha value is -0.660. The van der Waals surface area contributed by atoms with E-state index in [-0.39, 0.29) is 59.0 Å². The van der Waals surface area contributed by atoms with Gasteiger partial charge in [0.2, 0.25) is 0 Å². The van der Waals surface area contributed by atoms with Crippen LogP contribution in [-0.4, -0.2) is 109 Å². The summed E-state index contributed by atoms with van der Waals surface area (Å²) in [6.45, 7) is 8.04. The zero-order chi connectivity index (χ0) is 31.4. The zero-order valence-electron chi connectivity index (χ0n) is 26.2. The van der Waals surface area contributed by atoms with Crippen molar-refractivity contribution in [2.75, 3.05) is 13.2 Å². The van der Waals surface area contributed by atoms with Crippen molar-refractivity contribution in [3.63, 3.8) is 0 Å². The quantitative estimate of drug-likeness (QED) is 0.176. The van der Waals surface area contributed by atoms with Crippen molar-refractivity contribution >= 4 is 0 Å². The monoisotopic (exact) mass is 612 g/mol. The van der Waals surface area contributed by atoms with E-state index in [2.05, 4.69) is 19.9 Å². The van der Waals surface area contributed by atoms with Gasteiger partial charge in [0.25, 0.3) is 0 Å². The Morgan fingerprint density at radius 1 is 1.00 bits per heavy atom. The van der Waals surface area contributed by atoms with Crippen molar-refractivity contribution in [2.45, 2.75) is 134 Å². The van der Waals surface area contributed by atoms with Crippen molar-refractivity contribution < 1.29 is 50.3 Å². The van der Waals surface area contributed by atoms with Crippen LogP contribution in [0.3, 0.4) is 0 Å². The Labute approximate surface area is 255 Å². The molecular weight excluding hydrogens is 556 g/mol. The van der Waals surface area contributed by atoms with Crippen molar-refractivity contribution in [1.29, 1.82) is 0 Å². The first kappa shape index (κ1) is 33.7. The molecule has 2 unspecified atom stereocenters. The molecule has 0 aromatic heterocycles. The summed E-state index contributed by atoms with van der Waals surface area (Å²) in [5, 5.41) is 84.1. The van der Waals surface area contributed by atoms with Crippen LogP contribution in [0.1, 0.15) is 79.1 Å². The second-order valence-electron chi connectivity index (χ2n) is 15.3. The molecule has 5 rings (SSSR count). The van der Waals surface area contributed by atoms with Gasteiger partial charge in [-0.15, -0.1) is 0 Å². The summed E-state index contributed by atoms with van der Waals surface area (Å²) in [6, 6.07) is 0. The highest BCUT2D eigenvalue weighted by atomic mass is 16.7. The fraction of sp³-hybridized carbons (Fsp3) is 0.939. The molecule has 4 fully saturated rings. The van der Waals surface area contributed by atoms with E-state index >= 15 is 0 Å². The van der Waals surface area contributed by atoms with Gasteiger partial charge >= 0.3 is 0 Å². The third-order valence-electron chi connectivity index (χ3n) is 12.7. The van der Waals surface area contributed by atoms with Crippen molar-refractivity contribution in [2.24, 2.45) is 46.3 Å². The Morgan fingerprint density at radius 2 is 1.72 bits per heavy atom. The van der Waals surface area contributed by atoms with E-state index in [1.54, 1.807) is 0 Å². The van der Waals surface area contributed by atoms with Crippen LogP contribution in [-0.2, 0) is 9.47 Å². The molecule has 5 aliphatic rings. The maximum atomic E-state index is 11.9. The van der Waals surface area contributed by atoms with Crippen LogP contribution in [0.15, 0.2) is 11.6 Å². The van der Waals surface area contributed by atoms with Gasteiger partial charge in [-0.3, -0.25) is 0 Å². The summed E-state index contributed by atoms with van der Waals surface area (Å²) in [7, 11) is 0. The molecule has 248 valence electrons. The second kappa shape index (κ2) is 12.9. The summed E-state index contributed by atoms with van der Waals surface area (Å²) < 4.78 is 11.7. The van der Waals surface area contributed by atoms with Crippen LogP contribution in [0.5, 0.6) is 0 Å². The molecule has 4 aliphatic carbocycles. The van der Waals surface area contributed by atoms with Crippen LogP contribution in [0.4, 0.5) is 0 Å². The van der Waals surface area contributed by atoms with Crippen molar-refractivity contribution in [3.05, 3.63) is 11.6 Å². The first-order chi connectivity index (χ1) is 20.3. The summed E-state index contributed by atoms with van der Waals surface area (Å²) in [4.78, 5) is 0. The lowest BCUT2D eigenvalue weighted by atomic mass is 9.46. The Kier molecular flexibility index (Phi) is 10.1. The second-order valence-corrected chi connectivity index (χ2v) is 15.3. The lowest BCUT2D eigenvalue weighted by molar-refractivity contribution is -0.313. The molecule has 0 amide bonds. The van der Waals surface area contributed by atoms with Gasteiger partial charge < -0.3 is 50.3 Å². The SMILES string of the molecule is C[C@@H](CO)CC[C@@H](O)[C@@H](C)[C@H]1[C@@H](O)C[C@H]2[C@@H]3CC=C4C[C@@H](O[C@@H]5O[C@H](CO)[C@@H](O)C(O)C5O)CC[C@]4(C)[C@H]3[C@H](O)C[C@]12C. The number of rotatable bonds is 9. The summed E-state index contributed by atoms with van der Waals surface area (Å²) in [5.74, 6) is 0.356. The van der Waals surface area contributed by atoms with E-state index in [9.17, 15) is 40.9 Å². The molecule has 0 aromatic rings. The molecule has 1 aliphatic heterocycles. The molecule has 1 heterocycles. The van der Waals surface area contributed by atoms with E-state index in [0.29, 0.717) is 32.1 Å². The number of fused-ring (bicyclic) bond motifs is 5. The van der Waals surface area contributed by atoms with Gasteiger partial charge in [0.15, 0.2) is 6.29 Å². The Balaban J connectivity index is 1.30. The molecule has 0 bridgehead atoms. The van der Waals surface area contributed by atoms with Crippen LogP contribution in [0.25, 0.3) is 0 Å². The highest BCUT2D eigenvalue weighted by molar-refractivity contribution is 5.27. The standard InChI is InChI=1S/C33H56O10/c1-16(14-34)5-8-22(36)17(2)26-23(37)12-21-20-7-6-18-11-19(42-31-30(41)29(40)28(39)25(15-35)43-31)9-10-32(18,3)27(20)24(38)13-33(21,26)4/h6,16-17,19-31,34-41H,5,7-15H2,1-4H3/t16-,17-,19+,20+,21+,22-,23+,24-,25-,26+,27-,28-,29?,30?,31-,32+,33+/m1/s1. The van der Waals surface area contributed by atoms with Gasteiger partial charge in [0.1, 0.15) is 24.4 Å². The molecule has 3 saturated carbocycles. The smallest absolute Gasteiger partial charge is 0.186 e. The van der Waals surface area contributed by atoms with Gasteiger partial charge in [-0.05, 0) is 97.7 Å². The first-order valence-electron chi connectivity index (χ1n) is 16.6. The predicted molar refractivity (Wildman–Crippen MR) is 157 cm³/mol. The Bertz CT molecular complexity index is 991. The molecular formula is C33H56O10. The van der Waals surface area contributed by atoms with Crippen LogP contribution in [0, 0.1) is 46.3 Å². The van der Waals surface area contributed by atoms with Gasteiger partial charge in [-0.2, -0.15) is 0 Å². The lowest BCUT2D eigenvalue weighted by Crippen LogP contribution is -2.60. The molecule has 8 N–H and O–H groups in total. The number of allylic oxidation sites excluding steroid dienone is 1. The van der Waals surface area contributed by atoms with E-state index < -0.39 is 55.6 Å². The molecule has 43 heavy (non-hydrogen) atoms. The Morgan fingerprint density at radius 3 is 2.40 bits per heavy atom. The normalized spacial score (nSPS) is 50.2. The maximum absolute atomic E-state index is 11.9. The summed E-state index contributed by atoms with van der Waals surface area (Å²) >= 11 is 0. The highest BCUT2D eigenvalue weighted by Crippen LogP contribution is 2.67. The third kappa shape index (κ3) is 5.88. The predicted octanol–water partition coefficient (Wildman–Crippen LogP) is 1.10. The van der Waals surface area contributed by atoms with Gasteiger partial charge in [-0.1, -0.05) is 39.3 Å². The zero-order valence-corrected chi connectivity index (χ0v) is 26.2. The van der Waals surface area contributed by atoms with Crippen molar-refractivity contribution in [3.8, 4) is 0 Å². The van der Waals surface area contributed by atoms with Gasteiger partial charge in [0.05, 0.1) is 31.0 Å². The maximum Gasteiger partial charge on any atom is 0.186 e. The number of aliphatic hydroxyl groups is 8. The molecule has 0 radical (unpaired) electrons. The number of ether oxygens (including phenoxy) is 2. The van der Waals surface area contributed by atoms with Gasteiger partial charge in [-0.25, -0.2) is 0 Å². The lowest BCUT2D eigenvalue weighted by Gasteiger charge is -2.60. The average Bonchev–Trinajstić information content (AvgIpc) is 3.24.